The predicted octanol–water partition coefficient (Wildman–Crippen LogP) is 8.21. The Labute approximate surface area is 212 Å². The highest BCUT2D eigenvalue weighted by Crippen LogP contribution is 2.36. The van der Waals surface area contributed by atoms with Crippen LogP contribution in [0.5, 0.6) is 0 Å². The number of likely N-dealkylation sites (tertiary alicyclic amines) is 1. The molecule has 0 saturated carbocycles. The Kier molecular flexibility index (Phi) is 8.60. The van der Waals surface area contributed by atoms with Crippen LogP contribution in [0, 0.1) is 0 Å². The summed E-state index contributed by atoms with van der Waals surface area (Å²) < 4.78 is 83.7. The van der Waals surface area contributed by atoms with Crippen LogP contribution in [-0.2, 0) is 36.8 Å². The van der Waals surface area contributed by atoms with Crippen LogP contribution in [0.3, 0.4) is 0 Å². The summed E-state index contributed by atoms with van der Waals surface area (Å²) in [5, 5.41) is 0. The van der Waals surface area contributed by atoms with Gasteiger partial charge in [0.2, 0.25) is 0 Å². The highest BCUT2D eigenvalue weighted by atomic mass is 19.4. The maximum absolute atomic E-state index is 13.0. The van der Waals surface area contributed by atoms with Crippen LogP contribution in [0.2, 0.25) is 0 Å². The van der Waals surface area contributed by atoms with Crippen molar-refractivity contribution < 1.29 is 31.1 Å². The summed E-state index contributed by atoms with van der Waals surface area (Å²) in [4.78, 5) is 2.44. The zero-order valence-corrected chi connectivity index (χ0v) is 20.3. The SMILES string of the molecule is FC(F)(F)c1cc(COCc2ccc(CN3CCCC(c4ccccc4)CC3)cc2)cc(C(F)(F)F)c1. The summed E-state index contributed by atoms with van der Waals surface area (Å²) in [5.41, 5.74) is 0.492. The number of benzene rings is 3. The third-order valence-electron chi connectivity index (χ3n) is 6.71. The summed E-state index contributed by atoms with van der Waals surface area (Å²) >= 11 is 0. The van der Waals surface area contributed by atoms with Crippen molar-refractivity contribution >= 4 is 0 Å². The standard InChI is InChI=1S/C29H29F6NO/c30-28(31,32)26-15-23(16-27(17-26)29(33,34)35)20-37-19-22-10-8-21(9-11-22)18-36-13-4-7-25(12-14-36)24-5-2-1-3-6-24/h1-3,5-6,8-11,15-17,25H,4,7,12-14,18-20H2. The van der Waals surface area contributed by atoms with Crippen molar-refractivity contribution in [1.29, 1.82) is 0 Å². The highest BCUT2D eigenvalue weighted by molar-refractivity contribution is 5.33. The molecule has 3 aromatic carbocycles. The number of nitrogens with zero attached hydrogens (tertiary/aromatic N) is 1. The second kappa shape index (κ2) is 11.7. The molecule has 0 amide bonds. The number of hydrogen-bond donors (Lipinski definition) is 0. The normalized spacial score (nSPS) is 17.5. The molecule has 2 nitrogen and oxygen atoms in total. The molecule has 0 radical (unpaired) electrons. The first kappa shape index (κ1) is 27.2. The van der Waals surface area contributed by atoms with Gasteiger partial charge in [-0.25, -0.2) is 0 Å². The molecule has 0 spiro atoms. The fourth-order valence-electron chi connectivity index (χ4n) is 4.76. The van der Waals surface area contributed by atoms with E-state index in [4.69, 9.17) is 4.74 Å². The Bertz CT molecular complexity index is 1110. The molecule has 1 saturated heterocycles. The van der Waals surface area contributed by atoms with Gasteiger partial charge in [-0.05, 0) is 78.7 Å². The molecule has 4 rings (SSSR count). The molecule has 0 bridgehead atoms. The molecule has 0 aromatic heterocycles. The van der Waals surface area contributed by atoms with E-state index in [9.17, 15) is 26.3 Å². The molecule has 3 aromatic rings. The minimum atomic E-state index is -4.87. The Morgan fingerprint density at radius 3 is 1.89 bits per heavy atom. The molecule has 0 aliphatic carbocycles. The lowest BCUT2D eigenvalue weighted by atomic mass is 9.92. The van der Waals surface area contributed by atoms with Gasteiger partial charge >= 0.3 is 12.4 Å². The van der Waals surface area contributed by atoms with E-state index in [-0.39, 0.29) is 24.8 Å². The van der Waals surface area contributed by atoms with Crippen LogP contribution >= 0.6 is 0 Å². The molecule has 1 fully saturated rings. The fraction of sp³-hybridized carbons (Fsp3) is 0.379. The monoisotopic (exact) mass is 521 g/mol. The average molecular weight is 522 g/mol. The zero-order chi connectivity index (χ0) is 26.5. The summed E-state index contributed by atoms with van der Waals surface area (Å²) in [6.07, 6.45) is -6.32. The summed E-state index contributed by atoms with van der Waals surface area (Å²) in [6.45, 7) is 2.60. The van der Waals surface area contributed by atoms with Crippen molar-refractivity contribution in [2.45, 2.75) is 57.3 Å². The van der Waals surface area contributed by atoms with Gasteiger partial charge in [-0.2, -0.15) is 26.3 Å². The van der Waals surface area contributed by atoms with Crippen LogP contribution in [0.1, 0.15) is 58.6 Å². The summed E-state index contributed by atoms with van der Waals surface area (Å²) in [7, 11) is 0. The Morgan fingerprint density at radius 2 is 1.27 bits per heavy atom. The van der Waals surface area contributed by atoms with E-state index in [2.05, 4.69) is 29.2 Å². The molecule has 0 N–H and O–H groups in total. The first-order chi connectivity index (χ1) is 17.6. The minimum absolute atomic E-state index is 0.0837. The number of ether oxygens (including phenoxy) is 1. The molecular formula is C29H29F6NO. The third kappa shape index (κ3) is 7.82. The lowest BCUT2D eigenvalue weighted by molar-refractivity contribution is -0.143. The molecule has 1 aliphatic rings. The van der Waals surface area contributed by atoms with Crippen molar-refractivity contribution in [1.82, 2.24) is 4.90 Å². The predicted molar refractivity (Wildman–Crippen MR) is 130 cm³/mol. The van der Waals surface area contributed by atoms with Crippen LogP contribution in [0.25, 0.3) is 0 Å². The molecule has 1 unspecified atom stereocenters. The first-order valence-corrected chi connectivity index (χ1v) is 12.3. The summed E-state index contributed by atoms with van der Waals surface area (Å²) in [5.74, 6) is 0.578. The molecule has 198 valence electrons. The Morgan fingerprint density at radius 1 is 0.676 bits per heavy atom. The third-order valence-corrected chi connectivity index (χ3v) is 6.71. The van der Waals surface area contributed by atoms with Crippen molar-refractivity contribution in [2.75, 3.05) is 13.1 Å². The van der Waals surface area contributed by atoms with Gasteiger partial charge in [0.1, 0.15) is 0 Å². The van der Waals surface area contributed by atoms with Gasteiger partial charge in [0.05, 0.1) is 24.3 Å². The van der Waals surface area contributed by atoms with Gasteiger partial charge in [0.15, 0.2) is 0 Å². The van der Waals surface area contributed by atoms with Crippen molar-refractivity contribution in [3.8, 4) is 0 Å². The van der Waals surface area contributed by atoms with E-state index < -0.39 is 23.5 Å². The van der Waals surface area contributed by atoms with E-state index in [0.29, 0.717) is 18.1 Å². The van der Waals surface area contributed by atoms with E-state index in [1.807, 2.05) is 30.3 Å². The lowest BCUT2D eigenvalue weighted by Crippen LogP contribution is -2.24. The smallest absolute Gasteiger partial charge is 0.372 e. The van der Waals surface area contributed by atoms with Gasteiger partial charge in [-0.15, -0.1) is 0 Å². The van der Waals surface area contributed by atoms with E-state index in [1.165, 1.54) is 12.0 Å². The lowest BCUT2D eigenvalue weighted by Gasteiger charge is -2.20. The fourth-order valence-corrected chi connectivity index (χ4v) is 4.76. The van der Waals surface area contributed by atoms with E-state index >= 15 is 0 Å². The maximum Gasteiger partial charge on any atom is 0.416 e. The molecule has 1 heterocycles. The molecule has 1 atom stereocenters. The molecule has 1 aliphatic heterocycles. The first-order valence-electron chi connectivity index (χ1n) is 12.3. The second-order valence-electron chi connectivity index (χ2n) is 9.54. The van der Waals surface area contributed by atoms with Crippen LogP contribution in [0.4, 0.5) is 26.3 Å². The largest absolute Gasteiger partial charge is 0.416 e. The molecule has 37 heavy (non-hydrogen) atoms. The Balaban J connectivity index is 1.29. The average Bonchev–Trinajstić information content (AvgIpc) is 3.10. The number of alkyl halides is 6. The van der Waals surface area contributed by atoms with E-state index in [0.717, 1.165) is 43.6 Å². The number of rotatable bonds is 7. The van der Waals surface area contributed by atoms with Crippen LogP contribution in [-0.4, -0.2) is 18.0 Å². The minimum Gasteiger partial charge on any atom is -0.372 e. The molecular weight excluding hydrogens is 492 g/mol. The van der Waals surface area contributed by atoms with Gasteiger partial charge in [-0.1, -0.05) is 54.6 Å². The Hall–Kier alpha value is -2.84. The quantitative estimate of drug-likeness (QED) is 0.291. The van der Waals surface area contributed by atoms with Crippen molar-refractivity contribution in [3.63, 3.8) is 0 Å². The summed E-state index contributed by atoms with van der Waals surface area (Å²) in [6, 6.07) is 19.9. The van der Waals surface area contributed by atoms with Crippen molar-refractivity contribution in [2.24, 2.45) is 0 Å². The zero-order valence-electron chi connectivity index (χ0n) is 20.3. The van der Waals surface area contributed by atoms with Crippen LogP contribution < -0.4 is 0 Å². The van der Waals surface area contributed by atoms with Gasteiger partial charge in [0, 0.05) is 6.54 Å². The van der Waals surface area contributed by atoms with Gasteiger partial charge in [0.25, 0.3) is 0 Å². The number of hydrogen-bond acceptors (Lipinski definition) is 2. The topological polar surface area (TPSA) is 12.5 Å². The maximum atomic E-state index is 13.0. The van der Waals surface area contributed by atoms with E-state index in [1.54, 1.807) is 0 Å². The molecule has 8 heteroatoms. The van der Waals surface area contributed by atoms with Gasteiger partial charge < -0.3 is 4.74 Å². The van der Waals surface area contributed by atoms with Crippen LogP contribution in [0.15, 0.2) is 72.8 Å². The second-order valence-corrected chi connectivity index (χ2v) is 9.54. The van der Waals surface area contributed by atoms with Gasteiger partial charge in [-0.3, -0.25) is 4.90 Å². The highest BCUT2D eigenvalue weighted by Gasteiger charge is 2.36. The number of halogens is 6. The van der Waals surface area contributed by atoms with Crippen molar-refractivity contribution in [3.05, 3.63) is 106 Å².